The fraction of sp³-hybridized carbons (Fsp3) is 0.143. The van der Waals surface area contributed by atoms with Crippen molar-refractivity contribution in [1.29, 1.82) is 0 Å². The van der Waals surface area contributed by atoms with Gasteiger partial charge in [-0.25, -0.2) is 4.39 Å². The molecular weight excluding hydrogens is 347 g/mol. The molecule has 0 fully saturated rings. The van der Waals surface area contributed by atoms with Gasteiger partial charge in [-0.15, -0.1) is 22.7 Å². The third-order valence-corrected chi connectivity index (χ3v) is 5.71. The summed E-state index contributed by atoms with van der Waals surface area (Å²) in [7, 11) is 0. The van der Waals surface area contributed by atoms with Gasteiger partial charge in [0.15, 0.2) is 0 Å². The van der Waals surface area contributed by atoms with Crippen molar-refractivity contribution in [3.8, 4) is 0 Å². The van der Waals surface area contributed by atoms with Crippen LogP contribution in [0.3, 0.4) is 0 Å². The molecule has 0 amide bonds. The fourth-order valence-corrected chi connectivity index (χ4v) is 4.88. The third kappa shape index (κ3) is 2.48. The van der Waals surface area contributed by atoms with E-state index in [1.54, 1.807) is 17.4 Å². The summed E-state index contributed by atoms with van der Waals surface area (Å²) in [5.41, 5.74) is 0.906. The zero-order valence-electron chi connectivity index (χ0n) is 9.98. The molecule has 0 bridgehead atoms. The molecule has 0 aliphatic heterocycles. The summed E-state index contributed by atoms with van der Waals surface area (Å²) in [6.45, 7) is 1.99. The molecule has 3 rings (SSSR count). The average Bonchev–Trinajstić information content (AvgIpc) is 2.91. The molecule has 0 saturated carbocycles. The van der Waals surface area contributed by atoms with Crippen molar-refractivity contribution in [3.63, 3.8) is 0 Å². The zero-order chi connectivity index (χ0) is 13.6. The molecule has 19 heavy (non-hydrogen) atoms. The quantitative estimate of drug-likeness (QED) is 0.664. The van der Waals surface area contributed by atoms with Crippen molar-refractivity contribution in [1.82, 2.24) is 0 Å². The summed E-state index contributed by atoms with van der Waals surface area (Å²) >= 11 is 6.46. The summed E-state index contributed by atoms with van der Waals surface area (Å²) in [5.74, 6) is -0.246. The first kappa shape index (κ1) is 13.2. The van der Waals surface area contributed by atoms with Crippen LogP contribution in [0.15, 0.2) is 34.1 Å². The van der Waals surface area contributed by atoms with Crippen molar-refractivity contribution >= 4 is 48.7 Å². The molecule has 0 saturated heterocycles. The Hall–Kier alpha value is -0.750. The lowest BCUT2D eigenvalue weighted by molar-refractivity contribution is 0.224. The van der Waals surface area contributed by atoms with Gasteiger partial charge in [0.2, 0.25) is 0 Å². The molecule has 0 radical (unpaired) electrons. The number of aliphatic hydroxyl groups excluding tert-OH is 1. The Balaban J connectivity index is 2.06. The molecule has 2 aromatic heterocycles. The topological polar surface area (TPSA) is 20.2 Å². The highest BCUT2D eigenvalue weighted by Gasteiger charge is 2.18. The maximum absolute atomic E-state index is 13.2. The molecule has 2 heterocycles. The molecule has 1 nitrogen and oxygen atoms in total. The summed E-state index contributed by atoms with van der Waals surface area (Å²) in [5, 5.41) is 11.4. The number of benzene rings is 1. The summed E-state index contributed by atoms with van der Waals surface area (Å²) in [6, 6.07) is 8.56. The lowest BCUT2D eigenvalue weighted by Gasteiger charge is -2.07. The van der Waals surface area contributed by atoms with Crippen LogP contribution in [0, 0.1) is 12.7 Å². The molecule has 1 atom stereocenters. The number of halogens is 2. The van der Waals surface area contributed by atoms with E-state index >= 15 is 0 Å². The van der Waals surface area contributed by atoms with Crippen LogP contribution in [0.2, 0.25) is 0 Å². The number of rotatable bonds is 2. The minimum Gasteiger partial charge on any atom is -0.383 e. The highest BCUT2D eigenvalue weighted by Crippen LogP contribution is 2.38. The average molecular weight is 357 g/mol. The number of aliphatic hydroxyl groups is 1. The Morgan fingerprint density at radius 2 is 2.00 bits per heavy atom. The van der Waals surface area contributed by atoms with Crippen molar-refractivity contribution in [2.24, 2.45) is 0 Å². The largest absolute Gasteiger partial charge is 0.383 e. The second-order valence-corrected chi connectivity index (χ2v) is 8.05. The minimum absolute atomic E-state index is 0.246. The molecule has 5 heteroatoms. The highest BCUT2D eigenvalue weighted by molar-refractivity contribution is 9.11. The van der Waals surface area contributed by atoms with Crippen molar-refractivity contribution in [2.45, 2.75) is 13.0 Å². The van der Waals surface area contributed by atoms with Gasteiger partial charge in [0, 0.05) is 20.0 Å². The van der Waals surface area contributed by atoms with Crippen LogP contribution in [0.1, 0.15) is 21.4 Å². The van der Waals surface area contributed by atoms with Gasteiger partial charge in [-0.1, -0.05) is 6.07 Å². The van der Waals surface area contributed by atoms with E-state index in [0.717, 1.165) is 29.2 Å². The lowest BCUT2D eigenvalue weighted by Crippen LogP contribution is -1.96. The van der Waals surface area contributed by atoms with E-state index in [1.165, 1.54) is 23.5 Å². The number of fused-ring (bicyclic) bond motifs is 1. The van der Waals surface area contributed by atoms with Crippen LogP contribution in [0.25, 0.3) is 10.1 Å². The van der Waals surface area contributed by atoms with Crippen LogP contribution in [0.4, 0.5) is 4.39 Å². The van der Waals surface area contributed by atoms with Crippen molar-refractivity contribution in [2.75, 3.05) is 0 Å². The Bertz CT molecular complexity index is 747. The molecule has 0 aliphatic rings. The monoisotopic (exact) mass is 356 g/mol. The normalized spacial score (nSPS) is 13.1. The van der Waals surface area contributed by atoms with Gasteiger partial charge >= 0.3 is 0 Å². The van der Waals surface area contributed by atoms with E-state index in [1.807, 2.05) is 19.1 Å². The molecule has 1 unspecified atom stereocenters. The number of hydrogen-bond donors (Lipinski definition) is 1. The first-order valence-corrected chi connectivity index (χ1v) is 8.10. The second-order valence-electron chi connectivity index (χ2n) is 4.30. The van der Waals surface area contributed by atoms with Gasteiger partial charge in [-0.3, -0.25) is 0 Å². The highest BCUT2D eigenvalue weighted by atomic mass is 79.9. The SMILES string of the molecule is Cc1sc(Br)cc1C(O)c1cc2ccc(F)cc2s1. The van der Waals surface area contributed by atoms with Crippen LogP contribution in [0.5, 0.6) is 0 Å². The summed E-state index contributed by atoms with van der Waals surface area (Å²) in [4.78, 5) is 1.93. The Morgan fingerprint density at radius 3 is 2.68 bits per heavy atom. The third-order valence-electron chi connectivity index (χ3n) is 2.99. The van der Waals surface area contributed by atoms with Gasteiger partial charge in [-0.2, -0.15) is 0 Å². The van der Waals surface area contributed by atoms with Crippen LogP contribution < -0.4 is 0 Å². The maximum Gasteiger partial charge on any atom is 0.124 e. The minimum atomic E-state index is -0.650. The molecule has 3 aromatic rings. The zero-order valence-corrected chi connectivity index (χ0v) is 13.2. The molecule has 1 N–H and O–H groups in total. The van der Waals surface area contributed by atoms with E-state index in [9.17, 15) is 9.50 Å². The fourth-order valence-electron chi connectivity index (χ4n) is 2.04. The van der Waals surface area contributed by atoms with Crippen LogP contribution in [-0.4, -0.2) is 5.11 Å². The second kappa shape index (κ2) is 4.98. The van der Waals surface area contributed by atoms with Crippen molar-refractivity contribution in [3.05, 3.63) is 55.3 Å². The summed E-state index contributed by atoms with van der Waals surface area (Å²) < 4.78 is 15.0. The van der Waals surface area contributed by atoms with Crippen molar-refractivity contribution < 1.29 is 9.50 Å². The molecule has 0 aliphatic carbocycles. The predicted octanol–water partition coefficient (Wildman–Crippen LogP) is 5.25. The molecule has 0 spiro atoms. The van der Waals surface area contributed by atoms with E-state index < -0.39 is 6.10 Å². The van der Waals surface area contributed by atoms with E-state index in [4.69, 9.17) is 0 Å². The van der Waals surface area contributed by atoms with Gasteiger partial charge < -0.3 is 5.11 Å². The Kier molecular flexibility index (Phi) is 3.47. The predicted molar refractivity (Wildman–Crippen MR) is 82.6 cm³/mol. The summed E-state index contributed by atoms with van der Waals surface area (Å²) in [6.07, 6.45) is -0.650. The van der Waals surface area contributed by atoms with Crippen LogP contribution >= 0.6 is 38.6 Å². The number of aryl methyl sites for hydroxylation is 1. The van der Waals surface area contributed by atoms with Crippen LogP contribution in [-0.2, 0) is 0 Å². The van der Waals surface area contributed by atoms with Gasteiger partial charge in [0.1, 0.15) is 11.9 Å². The van der Waals surface area contributed by atoms with Gasteiger partial charge in [0.25, 0.3) is 0 Å². The number of hydrogen-bond acceptors (Lipinski definition) is 3. The maximum atomic E-state index is 13.2. The smallest absolute Gasteiger partial charge is 0.124 e. The van der Waals surface area contributed by atoms with E-state index in [-0.39, 0.29) is 5.82 Å². The molecule has 98 valence electrons. The lowest BCUT2D eigenvalue weighted by atomic mass is 10.1. The van der Waals surface area contributed by atoms with E-state index in [2.05, 4.69) is 15.9 Å². The Morgan fingerprint density at radius 1 is 1.21 bits per heavy atom. The first-order chi connectivity index (χ1) is 9.04. The standard InChI is InChI=1S/C14H10BrFOS2/c1-7-10(6-13(15)18-7)14(17)12-4-8-2-3-9(16)5-11(8)19-12/h2-6,14,17H,1H3. The molecule has 1 aromatic carbocycles. The molecular formula is C14H10BrFOS2. The Labute approximate surface area is 126 Å². The van der Waals surface area contributed by atoms with Gasteiger partial charge in [0.05, 0.1) is 3.79 Å². The first-order valence-electron chi connectivity index (χ1n) is 5.67. The number of thiophene rings is 2. The van der Waals surface area contributed by atoms with Gasteiger partial charge in [-0.05, 0) is 52.5 Å². The van der Waals surface area contributed by atoms with E-state index in [0.29, 0.717) is 0 Å².